The number of allylic oxidation sites excluding steroid dienone is 1. The van der Waals surface area contributed by atoms with Crippen LogP contribution in [0.5, 0.6) is 5.75 Å². The Balaban J connectivity index is 2.00. The van der Waals surface area contributed by atoms with Crippen LogP contribution in [0.15, 0.2) is 60.7 Å². The second kappa shape index (κ2) is 7.25. The topological polar surface area (TPSA) is 86.7 Å². The highest BCUT2D eigenvalue weighted by Gasteiger charge is 2.36. The SMILES string of the molecule is C=CCc1cc(/C=C2\C(=O)NC(=O)N(c3ccc(F)cc3)C2=O)ccc1O. The summed E-state index contributed by atoms with van der Waals surface area (Å²) < 4.78 is 13.1. The number of benzene rings is 2. The molecule has 3 rings (SSSR count). The van der Waals surface area contributed by atoms with Gasteiger partial charge in [-0.1, -0.05) is 12.1 Å². The highest BCUT2D eigenvalue weighted by molar-refractivity contribution is 6.39. The van der Waals surface area contributed by atoms with E-state index >= 15 is 0 Å². The normalized spacial score (nSPS) is 15.8. The van der Waals surface area contributed by atoms with Gasteiger partial charge in [0.15, 0.2) is 0 Å². The van der Waals surface area contributed by atoms with Crippen molar-refractivity contribution < 1.29 is 23.9 Å². The number of barbiturate groups is 1. The molecule has 2 N–H and O–H groups in total. The molecule has 27 heavy (non-hydrogen) atoms. The van der Waals surface area contributed by atoms with Crippen molar-refractivity contribution in [1.29, 1.82) is 0 Å². The van der Waals surface area contributed by atoms with Gasteiger partial charge in [-0.15, -0.1) is 6.58 Å². The average Bonchev–Trinajstić information content (AvgIpc) is 2.63. The largest absolute Gasteiger partial charge is 0.508 e. The molecule has 136 valence electrons. The third-order valence-corrected chi connectivity index (χ3v) is 3.97. The van der Waals surface area contributed by atoms with Crippen molar-refractivity contribution in [3.63, 3.8) is 0 Å². The summed E-state index contributed by atoms with van der Waals surface area (Å²) in [6, 6.07) is 8.43. The van der Waals surface area contributed by atoms with Crippen molar-refractivity contribution in [2.75, 3.05) is 4.90 Å². The number of urea groups is 1. The Morgan fingerprint density at radius 2 is 1.81 bits per heavy atom. The first kappa shape index (κ1) is 18.1. The van der Waals surface area contributed by atoms with E-state index in [0.29, 0.717) is 17.5 Å². The predicted octanol–water partition coefficient (Wildman–Crippen LogP) is 2.93. The van der Waals surface area contributed by atoms with Gasteiger partial charge in [-0.3, -0.25) is 14.9 Å². The Kier molecular flexibility index (Phi) is 4.85. The number of nitrogens with zero attached hydrogens (tertiary/aromatic N) is 1. The number of hydrogen-bond acceptors (Lipinski definition) is 4. The summed E-state index contributed by atoms with van der Waals surface area (Å²) in [4.78, 5) is 37.7. The van der Waals surface area contributed by atoms with E-state index in [0.717, 1.165) is 17.0 Å². The molecular formula is C20H15FN2O4. The molecule has 1 aliphatic heterocycles. The van der Waals surface area contributed by atoms with E-state index in [4.69, 9.17) is 0 Å². The van der Waals surface area contributed by atoms with Gasteiger partial charge in [-0.2, -0.15) is 0 Å². The van der Waals surface area contributed by atoms with Crippen molar-refractivity contribution in [1.82, 2.24) is 5.32 Å². The van der Waals surface area contributed by atoms with E-state index in [9.17, 15) is 23.9 Å². The van der Waals surface area contributed by atoms with Gasteiger partial charge >= 0.3 is 6.03 Å². The van der Waals surface area contributed by atoms with Crippen LogP contribution >= 0.6 is 0 Å². The number of phenols is 1. The van der Waals surface area contributed by atoms with Crippen LogP contribution in [-0.4, -0.2) is 23.0 Å². The molecule has 2 aromatic rings. The number of rotatable bonds is 4. The lowest BCUT2D eigenvalue weighted by Gasteiger charge is -2.26. The first-order valence-corrected chi connectivity index (χ1v) is 8.00. The smallest absolute Gasteiger partial charge is 0.335 e. The summed E-state index contributed by atoms with van der Waals surface area (Å²) in [6.07, 6.45) is 3.34. The molecule has 0 saturated carbocycles. The number of amides is 4. The standard InChI is InChI=1S/C20H15FN2O4/c1-2-3-13-10-12(4-9-17(13)24)11-16-18(25)22-20(27)23(19(16)26)15-7-5-14(21)6-8-15/h2,4-11,24H,1,3H2,(H,22,25,27)/b16-11+. The lowest BCUT2D eigenvalue weighted by Crippen LogP contribution is -2.54. The van der Waals surface area contributed by atoms with Crippen LogP contribution in [0.1, 0.15) is 11.1 Å². The molecule has 0 aliphatic carbocycles. The fourth-order valence-corrected chi connectivity index (χ4v) is 2.66. The van der Waals surface area contributed by atoms with Gasteiger partial charge in [0.05, 0.1) is 5.69 Å². The van der Waals surface area contributed by atoms with Crippen molar-refractivity contribution in [2.24, 2.45) is 0 Å². The zero-order valence-electron chi connectivity index (χ0n) is 14.1. The highest BCUT2D eigenvalue weighted by atomic mass is 19.1. The van der Waals surface area contributed by atoms with Gasteiger partial charge in [0.25, 0.3) is 11.8 Å². The number of halogens is 1. The molecule has 4 amide bonds. The van der Waals surface area contributed by atoms with E-state index in [2.05, 4.69) is 11.9 Å². The number of phenolic OH excluding ortho intramolecular Hbond substituents is 1. The zero-order valence-corrected chi connectivity index (χ0v) is 14.1. The van der Waals surface area contributed by atoms with Gasteiger partial charge < -0.3 is 5.11 Å². The van der Waals surface area contributed by atoms with Crippen LogP contribution in [-0.2, 0) is 16.0 Å². The quantitative estimate of drug-likeness (QED) is 0.495. The molecule has 7 heteroatoms. The van der Waals surface area contributed by atoms with Crippen LogP contribution in [0, 0.1) is 5.82 Å². The Labute approximate surface area is 154 Å². The van der Waals surface area contributed by atoms with Crippen molar-refractivity contribution in [3.05, 3.63) is 77.6 Å². The maximum absolute atomic E-state index is 13.1. The first-order valence-electron chi connectivity index (χ1n) is 8.00. The second-order valence-electron chi connectivity index (χ2n) is 5.82. The fraction of sp³-hybridized carbons (Fsp3) is 0.0500. The Morgan fingerprint density at radius 1 is 1.11 bits per heavy atom. The van der Waals surface area contributed by atoms with Gasteiger partial charge in [0, 0.05) is 0 Å². The van der Waals surface area contributed by atoms with Crippen LogP contribution in [0.4, 0.5) is 14.9 Å². The van der Waals surface area contributed by atoms with Crippen molar-refractivity contribution in [3.8, 4) is 5.75 Å². The third kappa shape index (κ3) is 3.62. The molecule has 0 atom stereocenters. The molecule has 0 aromatic heterocycles. The number of carbonyl (C=O) groups excluding carboxylic acids is 3. The molecule has 1 heterocycles. The molecule has 0 unspecified atom stereocenters. The maximum atomic E-state index is 13.1. The van der Waals surface area contributed by atoms with E-state index in [-0.39, 0.29) is 17.0 Å². The summed E-state index contributed by atoms with van der Waals surface area (Å²) in [6.45, 7) is 3.61. The minimum atomic E-state index is -0.910. The van der Waals surface area contributed by atoms with Crippen LogP contribution < -0.4 is 10.2 Å². The molecule has 2 aromatic carbocycles. The monoisotopic (exact) mass is 366 g/mol. The van der Waals surface area contributed by atoms with Gasteiger partial charge in [0.2, 0.25) is 0 Å². The predicted molar refractivity (Wildman–Crippen MR) is 97.4 cm³/mol. The summed E-state index contributed by atoms with van der Waals surface area (Å²) >= 11 is 0. The fourth-order valence-electron chi connectivity index (χ4n) is 2.66. The summed E-state index contributed by atoms with van der Waals surface area (Å²) in [5.74, 6) is -2.11. The molecule has 1 saturated heterocycles. The lowest BCUT2D eigenvalue weighted by atomic mass is 10.0. The minimum Gasteiger partial charge on any atom is -0.508 e. The summed E-state index contributed by atoms with van der Waals surface area (Å²) in [7, 11) is 0. The van der Waals surface area contributed by atoms with Crippen molar-refractivity contribution in [2.45, 2.75) is 6.42 Å². The van der Waals surface area contributed by atoms with Gasteiger partial charge in [-0.25, -0.2) is 14.1 Å². The number of carbonyl (C=O) groups is 3. The summed E-state index contributed by atoms with van der Waals surface area (Å²) in [5.41, 5.74) is 0.954. The Hall–Kier alpha value is -3.74. The molecule has 6 nitrogen and oxygen atoms in total. The second-order valence-corrected chi connectivity index (χ2v) is 5.82. The number of anilines is 1. The number of nitrogens with one attached hydrogen (secondary N) is 1. The zero-order chi connectivity index (χ0) is 19.6. The molecule has 0 radical (unpaired) electrons. The summed E-state index contributed by atoms with van der Waals surface area (Å²) in [5, 5.41) is 11.9. The minimum absolute atomic E-state index is 0.0691. The van der Waals surface area contributed by atoms with E-state index in [1.165, 1.54) is 30.3 Å². The average molecular weight is 366 g/mol. The lowest BCUT2D eigenvalue weighted by molar-refractivity contribution is -0.122. The number of aromatic hydroxyl groups is 1. The maximum Gasteiger partial charge on any atom is 0.335 e. The Morgan fingerprint density at radius 3 is 2.48 bits per heavy atom. The van der Waals surface area contributed by atoms with Gasteiger partial charge in [0.1, 0.15) is 17.1 Å². The number of imide groups is 2. The molecule has 0 bridgehead atoms. The molecule has 0 spiro atoms. The first-order chi connectivity index (χ1) is 12.9. The van der Waals surface area contributed by atoms with Crippen LogP contribution in [0.3, 0.4) is 0 Å². The number of hydrogen-bond donors (Lipinski definition) is 2. The van der Waals surface area contributed by atoms with Crippen molar-refractivity contribution >= 4 is 29.6 Å². The molecular weight excluding hydrogens is 351 g/mol. The third-order valence-electron chi connectivity index (χ3n) is 3.97. The Bertz CT molecular complexity index is 980. The van der Waals surface area contributed by atoms with E-state index in [1.54, 1.807) is 12.1 Å². The van der Waals surface area contributed by atoms with E-state index in [1.807, 2.05) is 0 Å². The van der Waals surface area contributed by atoms with E-state index < -0.39 is 23.7 Å². The van der Waals surface area contributed by atoms with Crippen LogP contribution in [0.25, 0.3) is 6.08 Å². The van der Waals surface area contributed by atoms with Gasteiger partial charge in [-0.05, 0) is 60.0 Å². The molecule has 1 aliphatic rings. The van der Waals surface area contributed by atoms with Crippen LogP contribution in [0.2, 0.25) is 0 Å². The highest BCUT2D eigenvalue weighted by Crippen LogP contribution is 2.24. The molecule has 1 fully saturated rings.